The number of pyridine rings is 1. The Bertz CT molecular complexity index is 1440. The number of halogens is 1. The van der Waals surface area contributed by atoms with E-state index in [1.165, 1.54) is 37.8 Å². The Labute approximate surface area is 181 Å². The van der Waals surface area contributed by atoms with E-state index in [2.05, 4.69) is 15.0 Å². The maximum absolute atomic E-state index is 14.8. The van der Waals surface area contributed by atoms with Gasteiger partial charge in [0, 0.05) is 49.1 Å². The van der Waals surface area contributed by atoms with Crippen molar-refractivity contribution in [2.24, 2.45) is 0 Å². The Hall–Kier alpha value is -3.90. The van der Waals surface area contributed by atoms with Gasteiger partial charge in [-0.25, -0.2) is 28.9 Å². The number of hydrogen-bond acceptors (Lipinski definition) is 8. The van der Waals surface area contributed by atoms with Crippen molar-refractivity contribution in [1.82, 2.24) is 19.7 Å². The first-order chi connectivity index (χ1) is 15.3. The van der Waals surface area contributed by atoms with Gasteiger partial charge in [0.2, 0.25) is 0 Å². The molecule has 3 aromatic heterocycles. The number of fused-ring (bicyclic) bond motifs is 1. The zero-order valence-electron chi connectivity index (χ0n) is 16.6. The average molecular weight is 457 g/mol. The lowest BCUT2D eigenvalue weighted by Crippen LogP contribution is -2.27. The molecule has 0 bridgehead atoms. The van der Waals surface area contributed by atoms with Crippen LogP contribution >= 0.6 is 0 Å². The standard InChI is InChI=1S/C20H16FN5O5S/c1-22-32(28,29)26-18-17(21)13(5-8-23-18)10-14-9-12-3-4-15(11-16(12)31-19(14)27)30-20-24-6-2-7-25-20/h2-9,11,22H,10H2,1H3,(H,23,26). The summed E-state index contributed by atoms with van der Waals surface area (Å²) in [5.74, 6) is -0.995. The molecule has 0 fully saturated rings. The first-order valence-electron chi connectivity index (χ1n) is 9.21. The van der Waals surface area contributed by atoms with Crippen LogP contribution in [0.4, 0.5) is 10.2 Å². The summed E-state index contributed by atoms with van der Waals surface area (Å²) in [5, 5.41) is 0.589. The molecule has 0 amide bonds. The van der Waals surface area contributed by atoms with Crippen LogP contribution in [0, 0.1) is 5.82 Å². The predicted molar refractivity (Wildman–Crippen MR) is 113 cm³/mol. The van der Waals surface area contributed by atoms with Gasteiger partial charge in [-0.05, 0) is 35.9 Å². The molecule has 0 saturated heterocycles. The highest BCUT2D eigenvalue weighted by Crippen LogP contribution is 2.25. The molecule has 32 heavy (non-hydrogen) atoms. The first kappa shape index (κ1) is 21.3. The first-order valence-corrected chi connectivity index (χ1v) is 10.7. The lowest BCUT2D eigenvalue weighted by molar-refractivity contribution is 0.440. The van der Waals surface area contributed by atoms with Gasteiger partial charge in [-0.15, -0.1) is 0 Å². The van der Waals surface area contributed by atoms with E-state index in [9.17, 15) is 17.6 Å². The fourth-order valence-corrected chi connectivity index (χ4v) is 3.34. The van der Waals surface area contributed by atoms with Crippen LogP contribution in [0.1, 0.15) is 11.1 Å². The van der Waals surface area contributed by atoms with E-state index in [-0.39, 0.29) is 29.1 Å². The van der Waals surface area contributed by atoms with Crippen LogP contribution < -0.4 is 19.8 Å². The molecule has 0 radical (unpaired) electrons. The van der Waals surface area contributed by atoms with Crippen LogP contribution in [-0.4, -0.2) is 30.4 Å². The number of hydrogen-bond donors (Lipinski definition) is 2. The molecule has 10 nitrogen and oxygen atoms in total. The maximum atomic E-state index is 14.8. The Kier molecular flexibility index (Phi) is 5.79. The van der Waals surface area contributed by atoms with Gasteiger partial charge in [0.1, 0.15) is 11.3 Å². The van der Waals surface area contributed by atoms with Crippen LogP contribution in [-0.2, 0) is 16.6 Å². The summed E-state index contributed by atoms with van der Waals surface area (Å²) in [6.07, 6.45) is 4.17. The summed E-state index contributed by atoms with van der Waals surface area (Å²) < 4.78 is 52.9. The van der Waals surface area contributed by atoms with Gasteiger partial charge in [-0.1, -0.05) is 0 Å². The van der Waals surface area contributed by atoms with Crippen molar-refractivity contribution < 1.29 is 22.0 Å². The number of anilines is 1. The topological polar surface area (TPSA) is 136 Å². The minimum atomic E-state index is -3.95. The highest BCUT2D eigenvalue weighted by atomic mass is 32.2. The van der Waals surface area contributed by atoms with Crippen molar-refractivity contribution >= 4 is 27.0 Å². The van der Waals surface area contributed by atoms with Crippen molar-refractivity contribution in [3.8, 4) is 11.8 Å². The Morgan fingerprint density at radius 3 is 2.59 bits per heavy atom. The van der Waals surface area contributed by atoms with Gasteiger partial charge in [0.25, 0.3) is 10.2 Å². The quantitative estimate of drug-likeness (QED) is 0.404. The monoisotopic (exact) mass is 457 g/mol. The molecular formula is C20H16FN5O5S. The minimum Gasteiger partial charge on any atom is -0.424 e. The molecular weight excluding hydrogens is 441 g/mol. The van der Waals surface area contributed by atoms with E-state index in [4.69, 9.17) is 9.15 Å². The molecule has 2 N–H and O–H groups in total. The molecule has 1 aromatic carbocycles. The molecule has 0 saturated carbocycles. The fourth-order valence-electron chi connectivity index (χ4n) is 2.84. The molecule has 0 aliphatic heterocycles. The van der Waals surface area contributed by atoms with Crippen molar-refractivity contribution in [1.29, 1.82) is 0 Å². The van der Waals surface area contributed by atoms with Crippen molar-refractivity contribution in [2.45, 2.75) is 6.42 Å². The average Bonchev–Trinajstić information content (AvgIpc) is 2.77. The smallest absolute Gasteiger partial charge is 0.339 e. The zero-order valence-corrected chi connectivity index (χ0v) is 17.4. The summed E-state index contributed by atoms with van der Waals surface area (Å²) >= 11 is 0. The highest BCUT2D eigenvalue weighted by Gasteiger charge is 2.17. The number of nitrogens with one attached hydrogen (secondary N) is 2. The van der Waals surface area contributed by atoms with E-state index >= 15 is 0 Å². The number of aromatic nitrogens is 3. The summed E-state index contributed by atoms with van der Waals surface area (Å²) in [7, 11) is -2.78. The van der Waals surface area contributed by atoms with E-state index in [1.54, 1.807) is 24.3 Å². The van der Waals surface area contributed by atoms with Crippen LogP contribution in [0.5, 0.6) is 11.8 Å². The lowest BCUT2D eigenvalue weighted by atomic mass is 10.1. The van der Waals surface area contributed by atoms with E-state index in [0.29, 0.717) is 11.1 Å². The summed E-state index contributed by atoms with van der Waals surface area (Å²) in [4.78, 5) is 24.1. The van der Waals surface area contributed by atoms with E-state index in [0.717, 1.165) is 0 Å². The molecule has 4 rings (SSSR count). The largest absolute Gasteiger partial charge is 0.424 e. The maximum Gasteiger partial charge on any atom is 0.339 e. The SMILES string of the molecule is CNS(=O)(=O)Nc1nccc(Cc2cc3ccc(Oc4ncccn4)cc3oc2=O)c1F. The summed E-state index contributed by atoms with van der Waals surface area (Å²) in [6.45, 7) is 0. The van der Waals surface area contributed by atoms with Gasteiger partial charge in [-0.2, -0.15) is 8.42 Å². The van der Waals surface area contributed by atoms with E-state index in [1.807, 2.05) is 9.44 Å². The molecule has 0 aliphatic carbocycles. The molecule has 164 valence electrons. The molecule has 0 aliphatic rings. The van der Waals surface area contributed by atoms with Crippen molar-refractivity contribution in [3.05, 3.63) is 82.4 Å². The zero-order chi connectivity index (χ0) is 22.7. The molecule has 3 heterocycles. The lowest BCUT2D eigenvalue weighted by Gasteiger charge is -2.10. The van der Waals surface area contributed by atoms with Crippen molar-refractivity contribution in [2.75, 3.05) is 11.8 Å². The van der Waals surface area contributed by atoms with Crippen LogP contribution in [0.25, 0.3) is 11.0 Å². The van der Waals surface area contributed by atoms with E-state index < -0.39 is 27.5 Å². The Morgan fingerprint density at radius 2 is 1.84 bits per heavy atom. The van der Waals surface area contributed by atoms with Gasteiger partial charge in [0.15, 0.2) is 11.6 Å². The number of ether oxygens (including phenoxy) is 1. The Balaban J connectivity index is 1.62. The molecule has 0 unspecified atom stereocenters. The minimum absolute atomic E-state index is 0.0710. The highest BCUT2D eigenvalue weighted by molar-refractivity contribution is 7.90. The third kappa shape index (κ3) is 4.71. The fraction of sp³-hybridized carbons (Fsp3) is 0.100. The summed E-state index contributed by atoms with van der Waals surface area (Å²) in [6, 6.07) is 9.57. The van der Waals surface area contributed by atoms with Gasteiger partial charge < -0.3 is 9.15 Å². The number of benzene rings is 1. The van der Waals surface area contributed by atoms with Crippen LogP contribution in [0.2, 0.25) is 0 Å². The molecule has 0 spiro atoms. The van der Waals surface area contributed by atoms with Gasteiger partial charge in [-0.3, -0.25) is 4.72 Å². The predicted octanol–water partition coefficient (Wildman–Crippen LogP) is 2.38. The Morgan fingerprint density at radius 1 is 1.06 bits per heavy atom. The number of nitrogens with zero attached hydrogens (tertiary/aromatic N) is 3. The number of rotatable bonds is 7. The van der Waals surface area contributed by atoms with Crippen LogP contribution in [0.3, 0.4) is 0 Å². The van der Waals surface area contributed by atoms with Crippen LogP contribution in [0.15, 0.2) is 64.2 Å². The second-order valence-electron chi connectivity index (χ2n) is 6.51. The van der Waals surface area contributed by atoms with Gasteiger partial charge in [0.05, 0.1) is 0 Å². The second kappa shape index (κ2) is 8.69. The second-order valence-corrected chi connectivity index (χ2v) is 8.13. The molecule has 4 aromatic rings. The third-order valence-electron chi connectivity index (χ3n) is 4.38. The third-order valence-corrected chi connectivity index (χ3v) is 5.38. The molecule has 12 heteroatoms. The molecule has 0 atom stereocenters. The summed E-state index contributed by atoms with van der Waals surface area (Å²) in [5.41, 5.74) is -0.143. The van der Waals surface area contributed by atoms with Gasteiger partial charge >= 0.3 is 11.6 Å². The van der Waals surface area contributed by atoms with Crippen molar-refractivity contribution in [3.63, 3.8) is 0 Å². The normalized spacial score (nSPS) is 11.4.